The Balaban J connectivity index is 2.40. The normalized spacial score (nSPS) is 11.8. The van der Waals surface area contributed by atoms with Crippen LogP contribution in [0.5, 0.6) is 0 Å². The molecule has 8 heteroatoms. The summed E-state index contributed by atoms with van der Waals surface area (Å²) in [6.45, 7) is 5.02. The first-order valence-electron chi connectivity index (χ1n) is 5.68. The van der Waals surface area contributed by atoms with Crippen LogP contribution in [-0.4, -0.2) is 39.2 Å². The first kappa shape index (κ1) is 16.0. The van der Waals surface area contributed by atoms with Crippen LogP contribution in [0, 0.1) is 5.92 Å². The molecule has 1 heterocycles. The van der Waals surface area contributed by atoms with E-state index in [1.54, 1.807) is 0 Å². The molecule has 0 atom stereocenters. The number of H-pyrrole nitrogens is 1. The first-order chi connectivity index (χ1) is 8.80. The number of hydrogen-bond donors (Lipinski definition) is 1. The van der Waals surface area contributed by atoms with E-state index < -0.39 is 15.0 Å². The maximum Gasteiger partial charge on any atom is 0.354 e. The smallest absolute Gasteiger partial charge is 0.354 e. The molecular weight excluding hydrogens is 294 g/mol. The fourth-order valence-corrected chi connectivity index (χ4v) is 1.95. The zero-order chi connectivity index (χ0) is 14.5. The molecule has 0 bridgehead atoms. The summed E-state index contributed by atoms with van der Waals surface area (Å²) in [5.74, 6) is -0.240. The van der Waals surface area contributed by atoms with Gasteiger partial charge in [0.2, 0.25) is 0 Å². The van der Waals surface area contributed by atoms with E-state index in [9.17, 15) is 13.2 Å². The van der Waals surface area contributed by atoms with Gasteiger partial charge in [0.1, 0.15) is 17.2 Å². The number of ether oxygens (including phenoxy) is 2. The number of nitrogens with one attached hydrogen (secondary N) is 1. The van der Waals surface area contributed by atoms with Crippen molar-refractivity contribution in [2.24, 2.45) is 5.92 Å². The van der Waals surface area contributed by atoms with Gasteiger partial charge in [0.25, 0.3) is 9.05 Å². The summed E-state index contributed by atoms with van der Waals surface area (Å²) in [6.07, 6.45) is 1.13. The van der Waals surface area contributed by atoms with Crippen molar-refractivity contribution in [1.82, 2.24) is 4.98 Å². The van der Waals surface area contributed by atoms with Gasteiger partial charge in [-0.3, -0.25) is 0 Å². The minimum Gasteiger partial charge on any atom is -0.459 e. The lowest BCUT2D eigenvalue weighted by Gasteiger charge is -2.07. The van der Waals surface area contributed by atoms with Crippen LogP contribution in [0.4, 0.5) is 0 Å². The standard InChI is InChI=1S/C11H16ClNO5S/c1-8(2)7-17-3-4-18-11(14)10-5-9(6-13-10)19(12,15)16/h5-6,8,13H,3-4,7H2,1-2H3. The van der Waals surface area contributed by atoms with Crippen LogP contribution < -0.4 is 0 Å². The molecule has 0 spiro atoms. The Bertz CT molecular complexity index is 523. The van der Waals surface area contributed by atoms with Crippen molar-refractivity contribution in [2.45, 2.75) is 18.7 Å². The van der Waals surface area contributed by atoms with Crippen LogP contribution >= 0.6 is 10.7 Å². The molecule has 0 radical (unpaired) electrons. The van der Waals surface area contributed by atoms with Gasteiger partial charge in [0, 0.05) is 23.5 Å². The van der Waals surface area contributed by atoms with Gasteiger partial charge >= 0.3 is 5.97 Å². The van der Waals surface area contributed by atoms with Gasteiger partial charge in [-0.05, 0) is 12.0 Å². The summed E-state index contributed by atoms with van der Waals surface area (Å²) < 4.78 is 32.1. The predicted molar refractivity (Wildman–Crippen MR) is 69.8 cm³/mol. The van der Waals surface area contributed by atoms with Crippen molar-refractivity contribution >= 4 is 25.7 Å². The van der Waals surface area contributed by atoms with Crippen molar-refractivity contribution in [1.29, 1.82) is 0 Å². The van der Waals surface area contributed by atoms with Crippen molar-refractivity contribution in [3.8, 4) is 0 Å². The SMILES string of the molecule is CC(C)COCCOC(=O)c1cc(S(=O)(=O)Cl)c[nH]1. The number of carbonyl (C=O) groups is 1. The number of carbonyl (C=O) groups excluding carboxylic acids is 1. The van der Waals surface area contributed by atoms with Gasteiger partial charge in [0.15, 0.2) is 0 Å². The average Bonchev–Trinajstić information content (AvgIpc) is 2.76. The monoisotopic (exact) mass is 309 g/mol. The Morgan fingerprint density at radius 3 is 2.63 bits per heavy atom. The lowest BCUT2D eigenvalue weighted by atomic mass is 10.2. The lowest BCUT2D eigenvalue weighted by molar-refractivity contribution is 0.0273. The molecule has 1 aromatic heterocycles. The highest BCUT2D eigenvalue weighted by Gasteiger charge is 2.16. The van der Waals surface area contributed by atoms with Gasteiger partial charge in [-0.15, -0.1) is 0 Å². The van der Waals surface area contributed by atoms with E-state index in [2.05, 4.69) is 4.98 Å². The number of rotatable bonds is 7. The lowest BCUT2D eigenvalue weighted by Crippen LogP contribution is -2.13. The zero-order valence-electron chi connectivity index (χ0n) is 10.7. The minimum absolute atomic E-state index is 0.0306. The zero-order valence-corrected chi connectivity index (χ0v) is 12.3. The summed E-state index contributed by atoms with van der Waals surface area (Å²) in [4.78, 5) is 13.9. The fourth-order valence-electron chi connectivity index (χ4n) is 1.22. The van der Waals surface area contributed by atoms with E-state index in [1.165, 1.54) is 0 Å². The Hall–Kier alpha value is -1.05. The molecule has 108 valence electrons. The Morgan fingerprint density at radius 2 is 2.11 bits per heavy atom. The molecule has 0 aliphatic heterocycles. The second kappa shape index (κ2) is 6.93. The van der Waals surface area contributed by atoms with Gasteiger partial charge < -0.3 is 14.5 Å². The number of halogens is 1. The van der Waals surface area contributed by atoms with Crippen molar-refractivity contribution in [2.75, 3.05) is 19.8 Å². The molecule has 1 aromatic rings. The maximum absolute atomic E-state index is 11.5. The van der Waals surface area contributed by atoms with E-state index in [0.717, 1.165) is 12.3 Å². The van der Waals surface area contributed by atoms with Crippen LogP contribution in [-0.2, 0) is 18.5 Å². The molecule has 0 aliphatic rings. The molecule has 0 amide bonds. The molecule has 0 unspecified atom stereocenters. The molecule has 0 aliphatic carbocycles. The highest BCUT2D eigenvalue weighted by molar-refractivity contribution is 8.13. The van der Waals surface area contributed by atoms with Gasteiger partial charge in [-0.25, -0.2) is 13.2 Å². The summed E-state index contributed by atoms with van der Waals surface area (Å²) in [5.41, 5.74) is 0.0306. The molecular formula is C11H16ClNO5S. The molecule has 0 fully saturated rings. The topological polar surface area (TPSA) is 85.5 Å². The molecule has 0 saturated heterocycles. The Morgan fingerprint density at radius 1 is 1.42 bits per heavy atom. The fraction of sp³-hybridized carbons (Fsp3) is 0.545. The van der Waals surface area contributed by atoms with E-state index in [-0.39, 0.29) is 17.2 Å². The first-order valence-corrected chi connectivity index (χ1v) is 7.99. The minimum atomic E-state index is -3.85. The highest BCUT2D eigenvalue weighted by atomic mass is 35.7. The molecule has 0 saturated carbocycles. The van der Waals surface area contributed by atoms with Crippen LogP contribution in [0.3, 0.4) is 0 Å². The second-order valence-electron chi connectivity index (χ2n) is 4.29. The van der Waals surface area contributed by atoms with Crippen LogP contribution in [0.25, 0.3) is 0 Å². The Labute approximate surface area is 116 Å². The predicted octanol–water partition coefficient (Wildman–Crippen LogP) is 1.77. The average molecular weight is 310 g/mol. The number of aromatic nitrogens is 1. The summed E-state index contributed by atoms with van der Waals surface area (Å²) in [6, 6.07) is 1.12. The van der Waals surface area contributed by atoms with E-state index in [0.29, 0.717) is 19.1 Å². The second-order valence-corrected chi connectivity index (χ2v) is 6.86. The van der Waals surface area contributed by atoms with Crippen LogP contribution in [0.2, 0.25) is 0 Å². The van der Waals surface area contributed by atoms with E-state index >= 15 is 0 Å². The molecule has 1 rings (SSSR count). The third-order valence-electron chi connectivity index (χ3n) is 2.07. The summed E-state index contributed by atoms with van der Waals surface area (Å²) in [5, 5.41) is 0. The van der Waals surface area contributed by atoms with Gasteiger partial charge in [-0.2, -0.15) is 0 Å². The summed E-state index contributed by atoms with van der Waals surface area (Å²) >= 11 is 0. The van der Waals surface area contributed by atoms with Crippen molar-refractivity contribution in [3.63, 3.8) is 0 Å². The molecule has 19 heavy (non-hydrogen) atoms. The number of esters is 1. The highest BCUT2D eigenvalue weighted by Crippen LogP contribution is 2.16. The molecule has 1 N–H and O–H groups in total. The van der Waals surface area contributed by atoms with Crippen LogP contribution in [0.15, 0.2) is 17.2 Å². The number of aromatic amines is 1. The van der Waals surface area contributed by atoms with Crippen LogP contribution in [0.1, 0.15) is 24.3 Å². The van der Waals surface area contributed by atoms with Gasteiger partial charge in [-0.1, -0.05) is 13.8 Å². The maximum atomic E-state index is 11.5. The molecule has 6 nitrogen and oxygen atoms in total. The quantitative estimate of drug-likeness (QED) is 0.471. The largest absolute Gasteiger partial charge is 0.459 e. The van der Waals surface area contributed by atoms with Crippen molar-refractivity contribution < 1.29 is 22.7 Å². The van der Waals surface area contributed by atoms with Gasteiger partial charge in [0.05, 0.1) is 6.61 Å². The number of hydrogen-bond acceptors (Lipinski definition) is 5. The van der Waals surface area contributed by atoms with Crippen molar-refractivity contribution in [3.05, 3.63) is 18.0 Å². The third kappa shape index (κ3) is 5.63. The Kier molecular flexibility index (Phi) is 5.84. The molecule has 0 aromatic carbocycles. The third-order valence-corrected chi connectivity index (χ3v) is 3.40. The summed E-state index contributed by atoms with van der Waals surface area (Å²) in [7, 11) is 1.29. The van der Waals surface area contributed by atoms with E-state index in [1.807, 2.05) is 13.8 Å². The van der Waals surface area contributed by atoms with E-state index in [4.69, 9.17) is 20.2 Å².